The van der Waals surface area contributed by atoms with Gasteiger partial charge >= 0.3 is 0 Å². The van der Waals surface area contributed by atoms with Crippen molar-refractivity contribution in [3.63, 3.8) is 0 Å². The minimum Gasteiger partial charge on any atom is -0.320 e. The van der Waals surface area contributed by atoms with Gasteiger partial charge in [0.05, 0.1) is 5.52 Å². The number of nitrogens with zero attached hydrogens (tertiary/aromatic N) is 2. The minimum atomic E-state index is 0.340. The van der Waals surface area contributed by atoms with Gasteiger partial charge in [0.15, 0.2) is 0 Å². The first-order valence-corrected chi connectivity index (χ1v) is 8.70. The van der Waals surface area contributed by atoms with Crippen LogP contribution in [0.3, 0.4) is 0 Å². The van der Waals surface area contributed by atoms with Gasteiger partial charge in [0.25, 0.3) is 0 Å². The van der Waals surface area contributed by atoms with Crippen molar-refractivity contribution in [3.05, 3.63) is 59.5 Å². The van der Waals surface area contributed by atoms with Crippen molar-refractivity contribution < 1.29 is 0 Å². The summed E-state index contributed by atoms with van der Waals surface area (Å²) in [5.41, 5.74) is 4.68. The lowest BCUT2D eigenvalue weighted by Crippen LogP contribution is -2.13. The molecule has 4 heteroatoms. The van der Waals surface area contributed by atoms with E-state index in [1.165, 1.54) is 22.9 Å². The highest BCUT2D eigenvalue weighted by Crippen LogP contribution is 2.29. The van der Waals surface area contributed by atoms with Crippen LogP contribution in [0.5, 0.6) is 0 Å². The second-order valence-corrected chi connectivity index (χ2v) is 6.06. The summed E-state index contributed by atoms with van der Waals surface area (Å²) < 4.78 is 0. The van der Waals surface area contributed by atoms with Gasteiger partial charge in [-0.2, -0.15) is 5.10 Å². The summed E-state index contributed by atoms with van der Waals surface area (Å²) >= 11 is 0. The number of hydrogen-bond donors (Lipinski definition) is 2. The van der Waals surface area contributed by atoms with Crippen LogP contribution in [-0.2, 0) is 0 Å². The van der Waals surface area contributed by atoms with Crippen LogP contribution in [0.4, 0.5) is 0 Å². The Morgan fingerprint density at radius 3 is 2.62 bits per heavy atom. The van der Waals surface area contributed by atoms with E-state index in [2.05, 4.69) is 65.5 Å². The molecule has 0 aliphatic rings. The number of aromatic nitrogens is 3. The Labute approximate surface area is 144 Å². The largest absolute Gasteiger partial charge is 0.320 e. The van der Waals surface area contributed by atoms with E-state index in [9.17, 15) is 0 Å². The highest BCUT2D eigenvalue weighted by molar-refractivity contribution is 5.81. The second kappa shape index (κ2) is 9.18. The molecule has 3 aromatic rings. The standard InChI is InChI=1S/C17H20N4.C3H8/c1-12-15-6-5-13(10-17(15)21-20-12)16(7-9-18-2)14-4-3-8-19-11-14;1-3-2/h3-6,8,10-11,16,18H,7,9H2,1-2H3,(H,20,21);3H2,1-2H3. The Bertz CT molecular complexity index is 734. The van der Waals surface area contributed by atoms with Crippen LogP contribution >= 0.6 is 0 Å². The van der Waals surface area contributed by atoms with Crippen LogP contribution in [0.1, 0.15) is 49.4 Å². The molecule has 0 aliphatic carbocycles. The molecule has 0 amide bonds. The summed E-state index contributed by atoms with van der Waals surface area (Å²) in [7, 11) is 1.99. The molecular weight excluding hydrogens is 296 g/mol. The van der Waals surface area contributed by atoms with Crippen LogP contribution < -0.4 is 5.32 Å². The van der Waals surface area contributed by atoms with Crippen molar-refractivity contribution >= 4 is 10.9 Å². The number of aromatic amines is 1. The molecule has 4 nitrogen and oxygen atoms in total. The van der Waals surface area contributed by atoms with E-state index >= 15 is 0 Å². The van der Waals surface area contributed by atoms with E-state index in [1.54, 1.807) is 0 Å². The van der Waals surface area contributed by atoms with Gasteiger partial charge in [-0.1, -0.05) is 38.5 Å². The Morgan fingerprint density at radius 2 is 1.96 bits per heavy atom. The van der Waals surface area contributed by atoms with E-state index in [4.69, 9.17) is 0 Å². The summed E-state index contributed by atoms with van der Waals surface area (Å²) in [5, 5.41) is 11.9. The third-order valence-corrected chi connectivity index (χ3v) is 3.94. The van der Waals surface area contributed by atoms with Crippen molar-refractivity contribution in [2.24, 2.45) is 0 Å². The van der Waals surface area contributed by atoms with E-state index in [0.29, 0.717) is 5.92 Å². The molecule has 0 fully saturated rings. The summed E-state index contributed by atoms with van der Waals surface area (Å²) in [6.07, 6.45) is 6.07. The van der Waals surface area contributed by atoms with E-state index in [-0.39, 0.29) is 0 Å². The van der Waals surface area contributed by atoms with Gasteiger partial charge in [0, 0.05) is 29.4 Å². The first kappa shape index (κ1) is 18.1. The monoisotopic (exact) mass is 324 g/mol. The number of aryl methyl sites for hydroxylation is 1. The van der Waals surface area contributed by atoms with E-state index < -0.39 is 0 Å². The Balaban J connectivity index is 0.000000647. The van der Waals surface area contributed by atoms with Crippen molar-refractivity contribution in [2.75, 3.05) is 13.6 Å². The molecule has 2 heterocycles. The highest BCUT2D eigenvalue weighted by Gasteiger charge is 2.15. The molecular formula is C20H28N4. The fourth-order valence-electron chi connectivity index (χ4n) is 2.78. The Hall–Kier alpha value is -2.20. The van der Waals surface area contributed by atoms with E-state index in [1.807, 2.05) is 25.5 Å². The number of pyridine rings is 1. The van der Waals surface area contributed by atoms with Crippen LogP contribution in [0.25, 0.3) is 10.9 Å². The van der Waals surface area contributed by atoms with Crippen LogP contribution in [0.2, 0.25) is 0 Å². The molecule has 2 N–H and O–H groups in total. The maximum atomic E-state index is 4.38. The zero-order valence-electron chi connectivity index (χ0n) is 15.1. The number of fused-ring (bicyclic) bond motifs is 1. The summed E-state index contributed by atoms with van der Waals surface area (Å²) in [6, 6.07) is 10.7. The highest BCUT2D eigenvalue weighted by atomic mass is 15.1. The molecule has 1 aromatic carbocycles. The molecule has 0 spiro atoms. The van der Waals surface area contributed by atoms with Crippen LogP contribution in [-0.4, -0.2) is 28.8 Å². The van der Waals surface area contributed by atoms with Gasteiger partial charge in [0.2, 0.25) is 0 Å². The Morgan fingerprint density at radius 1 is 1.17 bits per heavy atom. The number of benzene rings is 1. The van der Waals surface area contributed by atoms with Gasteiger partial charge in [-0.15, -0.1) is 0 Å². The second-order valence-electron chi connectivity index (χ2n) is 6.06. The van der Waals surface area contributed by atoms with Crippen LogP contribution in [0.15, 0.2) is 42.7 Å². The van der Waals surface area contributed by atoms with Gasteiger partial charge in [-0.3, -0.25) is 10.1 Å². The van der Waals surface area contributed by atoms with Crippen LogP contribution in [0, 0.1) is 6.92 Å². The average Bonchev–Trinajstić information content (AvgIpc) is 2.98. The zero-order valence-corrected chi connectivity index (χ0v) is 15.1. The Kier molecular flexibility index (Phi) is 6.94. The van der Waals surface area contributed by atoms with Crippen molar-refractivity contribution in [3.8, 4) is 0 Å². The van der Waals surface area contributed by atoms with Gasteiger partial charge in [-0.25, -0.2) is 0 Å². The molecule has 3 rings (SSSR count). The molecule has 0 radical (unpaired) electrons. The van der Waals surface area contributed by atoms with Gasteiger partial charge in [0.1, 0.15) is 0 Å². The average molecular weight is 324 g/mol. The lowest BCUT2D eigenvalue weighted by Gasteiger charge is -2.17. The van der Waals surface area contributed by atoms with Crippen molar-refractivity contribution in [1.29, 1.82) is 0 Å². The lowest BCUT2D eigenvalue weighted by atomic mass is 9.89. The SMILES string of the molecule is CCC.CNCCC(c1cccnc1)c1ccc2c(C)[nH]nc2c1. The molecule has 0 bridgehead atoms. The minimum absolute atomic E-state index is 0.340. The first-order valence-electron chi connectivity index (χ1n) is 8.70. The predicted octanol–water partition coefficient (Wildman–Crippen LogP) is 4.42. The fourth-order valence-corrected chi connectivity index (χ4v) is 2.78. The van der Waals surface area contributed by atoms with Crippen molar-refractivity contribution in [1.82, 2.24) is 20.5 Å². The number of hydrogen-bond acceptors (Lipinski definition) is 3. The summed E-state index contributed by atoms with van der Waals surface area (Å²) in [4.78, 5) is 4.26. The smallest absolute Gasteiger partial charge is 0.0926 e. The molecule has 128 valence electrons. The fraction of sp³-hybridized carbons (Fsp3) is 0.400. The lowest BCUT2D eigenvalue weighted by molar-refractivity contribution is 0.660. The number of H-pyrrole nitrogens is 1. The normalized spacial score (nSPS) is 11.8. The molecule has 0 saturated heterocycles. The third kappa shape index (κ3) is 4.42. The molecule has 0 saturated carbocycles. The van der Waals surface area contributed by atoms with Gasteiger partial charge < -0.3 is 5.32 Å². The maximum Gasteiger partial charge on any atom is 0.0926 e. The van der Waals surface area contributed by atoms with Gasteiger partial charge in [-0.05, 0) is 50.2 Å². The maximum absolute atomic E-state index is 4.38. The number of rotatable bonds is 5. The molecule has 2 aromatic heterocycles. The molecule has 1 atom stereocenters. The molecule has 0 aliphatic heterocycles. The first-order chi connectivity index (χ1) is 11.7. The zero-order chi connectivity index (χ0) is 17.4. The van der Waals surface area contributed by atoms with E-state index in [0.717, 1.165) is 24.2 Å². The summed E-state index contributed by atoms with van der Waals surface area (Å²) in [5.74, 6) is 0.340. The molecule has 24 heavy (non-hydrogen) atoms. The third-order valence-electron chi connectivity index (χ3n) is 3.94. The number of nitrogens with one attached hydrogen (secondary N) is 2. The van der Waals surface area contributed by atoms with Crippen molar-refractivity contribution in [2.45, 2.75) is 39.5 Å². The topological polar surface area (TPSA) is 53.6 Å². The predicted molar refractivity (Wildman–Crippen MR) is 101 cm³/mol. The quantitative estimate of drug-likeness (QED) is 0.730. The summed E-state index contributed by atoms with van der Waals surface area (Å²) in [6.45, 7) is 7.27. The molecule has 1 unspecified atom stereocenters.